The SMILES string of the molecule is Cc1nccn1CC1CCN(S(=O)(=O)c2ccc(OCC(N)=O)cc2)CC1. The molecule has 27 heavy (non-hydrogen) atoms. The molecular weight excluding hydrogens is 368 g/mol. The van der Waals surface area contributed by atoms with E-state index in [2.05, 4.69) is 9.55 Å². The third-order valence-electron chi connectivity index (χ3n) is 4.79. The summed E-state index contributed by atoms with van der Waals surface area (Å²) in [5.41, 5.74) is 5.03. The van der Waals surface area contributed by atoms with Gasteiger partial charge in [0.2, 0.25) is 10.0 Å². The van der Waals surface area contributed by atoms with Crippen LogP contribution < -0.4 is 10.5 Å². The molecule has 0 radical (unpaired) electrons. The highest BCUT2D eigenvalue weighted by Gasteiger charge is 2.29. The zero-order valence-electron chi connectivity index (χ0n) is 15.2. The van der Waals surface area contributed by atoms with E-state index in [1.165, 1.54) is 28.6 Å². The predicted octanol–water partition coefficient (Wildman–Crippen LogP) is 1.16. The first kappa shape index (κ1) is 19.4. The number of ether oxygens (including phenoxy) is 1. The van der Waals surface area contributed by atoms with Crippen LogP contribution in [0.1, 0.15) is 18.7 Å². The lowest BCUT2D eigenvalue weighted by Gasteiger charge is -2.31. The average molecular weight is 392 g/mol. The van der Waals surface area contributed by atoms with Crippen LogP contribution in [-0.4, -0.2) is 47.9 Å². The number of rotatable bonds is 7. The number of nitrogens with zero attached hydrogens (tertiary/aromatic N) is 3. The van der Waals surface area contributed by atoms with E-state index in [0.29, 0.717) is 24.8 Å². The van der Waals surface area contributed by atoms with Crippen LogP contribution in [0.25, 0.3) is 0 Å². The molecule has 0 unspecified atom stereocenters. The second-order valence-corrected chi connectivity index (χ2v) is 8.64. The molecule has 0 bridgehead atoms. The molecule has 1 saturated heterocycles. The number of amides is 1. The lowest BCUT2D eigenvalue weighted by atomic mass is 9.98. The summed E-state index contributed by atoms with van der Waals surface area (Å²) >= 11 is 0. The van der Waals surface area contributed by atoms with Gasteiger partial charge in [-0.15, -0.1) is 0 Å². The molecule has 146 valence electrons. The fourth-order valence-electron chi connectivity index (χ4n) is 3.22. The third kappa shape index (κ3) is 4.67. The lowest BCUT2D eigenvalue weighted by Crippen LogP contribution is -2.39. The topological polar surface area (TPSA) is 108 Å². The molecule has 0 aliphatic carbocycles. The Balaban J connectivity index is 1.59. The van der Waals surface area contributed by atoms with E-state index in [1.54, 1.807) is 6.20 Å². The van der Waals surface area contributed by atoms with Crippen LogP contribution in [0.4, 0.5) is 0 Å². The number of piperidine rings is 1. The van der Waals surface area contributed by atoms with Crippen LogP contribution in [0.5, 0.6) is 5.75 Å². The van der Waals surface area contributed by atoms with Gasteiger partial charge in [0, 0.05) is 32.0 Å². The van der Waals surface area contributed by atoms with Crippen molar-refractivity contribution < 1.29 is 17.9 Å². The van der Waals surface area contributed by atoms with Crippen molar-refractivity contribution in [2.24, 2.45) is 11.7 Å². The van der Waals surface area contributed by atoms with Crippen molar-refractivity contribution in [1.82, 2.24) is 13.9 Å². The quantitative estimate of drug-likeness (QED) is 0.761. The van der Waals surface area contributed by atoms with Crippen LogP contribution >= 0.6 is 0 Å². The minimum atomic E-state index is -3.54. The maximum atomic E-state index is 12.8. The predicted molar refractivity (Wildman–Crippen MR) is 99.6 cm³/mol. The monoisotopic (exact) mass is 392 g/mol. The summed E-state index contributed by atoms with van der Waals surface area (Å²) in [4.78, 5) is 15.2. The van der Waals surface area contributed by atoms with Gasteiger partial charge in [0.05, 0.1) is 4.90 Å². The fourth-order valence-corrected chi connectivity index (χ4v) is 4.69. The van der Waals surface area contributed by atoms with E-state index < -0.39 is 15.9 Å². The number of carbonyl (C=O) groups excluding carboxylic acids is 1. The Morgan fingerprint density at radius 2 is 1.93 bits per heavy atom. The summed E-state index contributed by atoms with van der Waals surface area (Å²) in [6, 6.07) is 6.05. The number of primary amides is 1. The largest absolute Gasteiger partial charge is 0.484 e. The Morgan fingerprint density at radius 1 is 1.26 bits per heavy atom. The molecule has 1 aliphatic rings. The van der Waals surface area contributed by atoms with Crippen LogP contribution in [0.3, 0.4) is 0 Å². The van der Waals surface area contributed by atoms with E-state index in [1.807, 2.05) is 13.1 Å². The molecule has 0 atom stereocenters. The number of aromatic nitrogens is 2. The molecule has 9 heteroatoms. The van der Waals surface area contributed by atoms with E-state index >= 15 is 0 Å². The number of hydrogen-bond donors (Lipinski definition) is 1. The molecule has 1 aromatic heterocycles. The van der Waals surface area contributed by atoms with Gasteiger partial charge < -0.3 is 15.0 Å². The van der Waals surface area contributed by atoms with E-state index in [9.17, 15) is 13.2 Å². The first-order valence-electron chi connectivity index (χ1n) is 8.85. The molecular formula is C18H24N4O4S. The minimum Gasteiger partial charge on any atom is -0.484 e. The Labute approximate surface area is 159 Å². The zero-order valence-corrected chi connectivity index (χ0v) is 16.1. The molecule has 2 aromatic rings. The Kier molecular flexibility index (Phi) is 5.81. The van der Waals surface area contributed by atoms with Crippen LogP contribution in [-0.2, 0) is 21.4 Å². The highest BCUT2D eigenvalue weighted by atomic mass is 32.2. The summed E-state index contributed by atoms with van der Waals surface area (Å²) in [5.74, 6) is 1.24. The number of carbonyl (C=O) groups is 1. The third-order valence-corrected chi connectivity index (χ3v) is 6.71. The summed E-state index contributed by atoms with van der Waals surface area (Å²) in [5, 5.41) is 0. The standard InChI is InChI=1S/C18H24N4O4S/c1-14-20-8-11-21(14)12-15-6-9-22(10-7-15)27(24,25)17-4-2-16(3-5-17)26-13-18(19)23/h2-5,8,11,15H,6-7,9-10,12-13H2,1H3,(H2,19,23). The summed E-state index contributed by atoms with van der Waals surface area (Å²) < 4.78 is 34.5. The second kappa shape index (κ2) is 8.10. The Hall–Kier alpha value is -2.39. The normalized spacial score (nSPS) is 16.3. The van der Waals surface area contributed by atoms with Crippen molar-refractivity contribution in [3.05, 3.63) is 42.5 Å². The van der Waals surface area contributed by atoms with E-state index in [0.717, 1.165) is 25.2 Å². The van der Waals surface area contributed by atoms with Crippen molar-refractivity contribution in [3.8, 4) is 5.75 Å². The van der Waals surface area contributed by atoms with Gasteiger partial charge in [-0.3, -0.25) is 4.79 Å². The van der Waals surface area contributed by atoms with Crippen LogP contribution in [0, 0.1) is 12.8 Å². The summed E-state index contributed by atoms with van der Waals surface area (Å²) in [7, 11) is -3.54. The summed E-state index contributed by atoms with van der Waals surface area (Å²) in [6.45, 7) is 3.60. The van der Waals surface area contributed by atoms with Crippen molar-refractivity contribution in [3.63, 3.8) is 0 Å². The number of sulfonamides is 1. The van der Waals surface area contributed by atoms with E-state index in [-0.39, 0.29) is 11.5 Å². The summed E-state index contributed by atoms with van der Waals surface area (Å²) in [6.07, 6.45) is 5.37. The van der Waals surface area contributed by atoms with Gasteiger partial charge in [0.15, 0.2) is 6.61 Å². The fraction of sp³-hybridized carbons (Fsp3) is 0.444. The van der Waals surface area contributed by atoms with Crippen molar-refractivity contribution >= 4 is 15.9 Å². The van der Waals surface area contributed by atoms with E-state index in [4.69, 9.17) is 10.5 Å². The van der Waals surface area contributed by atoms with Crippen molar-refractivity contribution in [1.29, 1.82) is 0 Å². The zero-order chi connectivity index (χ0) is 19.4. The van der Waals surface area contributed by atoms with Crippen molar-refractivity contribution in [2.45, 2.75) is 31.2 Å². The average Bonchev–Trinajstić information content (AvgIpc) is 3.05. The number of benzene rings is 1. The molecule has 3 rings (SSSR count). The maximum absolute atomic E-state index is 12.8. The molecule has 2 heterocycles. The molecule has 1 aromatic carbocycles. The van der Waals surface area contributed by atoms with Gasteiger partial charge in [-0.2, -0.15) is 4.31 Å². The molecule has 0 spiro atoms. The Morgan fingerprint density at radius 3 is 2.48 bits per heavy atom. The number of hydrogen-bond acceptors (Lipinski definition) is 5. The van der Waals surface area contributed by atoms with Gasteiger partial charge in [-0.25, -0.2) is 13.4 Å². The first-order chi connectivity index (χ1) is 12.9. The second-order valence-electron chi connectivity index (χ2n) is 6.70. The van der Waals surface area contributed by atoms with Gasteiger partial charge >= 0.3 is 0 Å². The molecule has 2 N–H and O–H groups in total. The lowest BCUT2D eigenvalue weighted by molar-refractivity contribution is -0.119. The first-order valence-corrected chi connectivity index (χ1v) is 10.3. The van der Waals surface area contributed by atoms with Gasteiger partial charge in [-0.1, -0.05) is 0 Å². The number of nitrogens with two attached hydrogens (primary N) is 1. The minimum absolute atomic E-state index is 0.220. The highest BCUT2D eigenvalue weighted by molar-refractivity contribution is 7.89. The van der Waals surface area contributed by atoms with Gasteiger partial charge in [-0.05, 0) is 49.9 Å². The molecule has 1 amide bonds. The molecule has 8 nitrogen and oxygen atoms in total. The Bertz CT molecular complexity index is 884. The van der Waals surface area contributed by atoms with Gasteiger partial charge in [0.25, 0.3) is 5.91 Å². The van der Waals surface area contributed by atoms with Gasteiger partial charge in [0.1, 0.15) is 11.6 Å². The number of aryl methyl sites for hydroxylation is 1. The molecule has 1 fully saturated rings. The number of imidazole rings is 1. The molecule has 1 aliphatic heterocycles. The highest BCUT2D eigenvalue weighted by Crippen LogP contribution is 2.26. The molecule has 0 saturated carbocycles. The van der Waals surface area contributed by atoms with Crippen LogP contribution in [0.2, 0.25) is 0 Å². The van der Waals surface area contributed by atoms with Crippen molar-refractivity contribution in [2.75, 3.05) is 19.7 Å². The maximum Gasteiger partial charge on any atom is 0.255 e. The smallest absolute Gasteiger partial charge is 0.255 e. The van der Waals surface area contributed by atoms with Crippen LogP contribution in [0.15, 0.2) is 41.6 Å².